The fourth-order valence-corrected chi connectivity index (χ4v) is 2.16. The van der Waals surface area contributed by atoms with Gasteiger partial charge in [-0.1, -0.05) is 30.3 Å². The Morgan fingerprint density at radius 1 is 0.950 bits per heavy atom. The highest BCUT2D eigenvalue weighted by molar-refractivity contribution is 5.53. The van der Waals surface area contributed by atoms with Crippen LogP contribution < -0.4 is 0 Å². The molecule has 0 aliphatic heterocycles. The molecule has 1 saturated carbocycles. The second-order valence-corrected chi connectivity index (χ2v) is 5.06. The molecular weight excluding hydrogens is 252 g/mol. The summed E-state index contributed by atoms with van der Waals surface area (Å²) < 4.78 is 0. The van der Waals surface area contributed by atoms with E-state index in [0.717, 1.165) is 23.0 Å². The van der Waals surface area contributed by atoms with Crippen LogP contribution in [0.3, 0.4) is 0 Å². The van der Waals surface area contributed by atoms with E-state index in [1.165, 1.54) is 12.8 Å². The summed E-state index contributed by atoms with van der Waals surface area (Å²) >= 11 is 0. The van der Waals surface area contributed by atoms with Gasteiger partial charge < -0.3 is 0 Å². The lowest BCUT2D eigenvalue weighted by Gasteiger charge is -1.92. The van der Waals surface area contributed by atoms with Gasteiger partial charge in [-0.15, -0.1) is 0 Å². The molecule has 0 amide bonds. The number of rotatable bonds is 4. The minimum Gasteiger partial charge on any atom is -0.263 e. The number of hydrogen-bond donors (Lipinski definition) is 2. The molecule has 0 unspecified atom stereocenters. The molecule has 2 N–H and O–H groups in total. The third kappa shape index (κ3) is 2.20. The van der Waals surface area contributed by atoms with Crippen molar-refractivity contribution in [2.75, 3.05) is 0 Å². The SMILES string of the molecule is c1ccc(-c2n[nH]c(Cc3nc(C4CC4)n[nH]3)n2)cc1. The molecule has 6 nitrogen and oxygen atoms in total. The quantitative estimate of drug-likeness (QED) is 0.757. The molecule has 0 bridgehead atoms. The molecule has 1 aliphatic carbocycles. The van der Waals surface area contributed by atoms with Crippen LogP contribution in [0.15, 0.2) is 30.3 Å². The van der Waals surface area contributed by atoms with Crippen LogP contribution in [0.4, 0.5) is 0 Å². The topological polar surface area (TPSA) is 83.1 Å². The Balaban J connectivity index is 1.52. The second-order valence-electron chi connectivity index (χ2n) is 5.06. The maximum atomic E-state index is 4.50. The van der Waals surface area contributed by atoms with Crippen LogP contribution in [-0.2, 0) is 6.42 Å². The largest absolute Gasteiger partial charge is 0.263 e. The predicted molar refractivity (Wildman–Crippen MR) is 73.0 cm³/mol. The zero-order valence-corrected chi connectivity index (χ0v) is 10.9. The third-order valence-electron chi connectivity index (χ3n) is 3.39. The maximum Gasteiger partial charge on any atom is 0.181 e. The van der Waals surface area contributed by atoms with E-state index >= 15 is 0 Å². The van der Waals surface area contributed by atoms with E-state index in [2.05, 4.69) is 30.4 Å². The summed E-state index contributed by atoms with van der Waals surface area (Å²) in [5.74, 6) is 3.84. The fourth-order valence-electron chi connectivity index (χ4n) is 2.16. The number of nitrogens with one attached hydrogen (secondary N) is 2. The van der Waals surface area contributed by atoms with Crippen molar-refractivity contribution in [2.24, 2.45) is 0 Å². The Morgan fingerprint density at radius 3 is 2.50 bits per heavy atom. The molecule has 2 heterocycles. The summed E-state index contributed by atoms with van der Waals surface area (Å²) in [6.07, 6.45) is 3.01. The van der Waals surface area contributed by atoms with E-state index in [0.29, 0.717) is 18.2 Å². The fraction of sp³-hybridized carbons (Fsp3) is 0.286. The molecule has 0 saturated heterocycles. The average Bonchev–Trinajstić information content (AvgIpc) is 3.06. The molecule has 20 heavy (non-hydrogen) atoms. The molecule has 3 aromatic rings. The van der Waals surface area contributed by atoms with Crippen molar-refractivity contribution in [2.45, 2.75) is 25.2 Å². The third-order valence-corrected chi connectivity index (χ3v) is 3.39. The van der Waals surface area contributed by atoms with E-state index < -0.39 is 0 Å². The van der Waals surface area contributed by atoms with Gasteiger partial charge in [-0.3, -0.25) is 10.2 Å². The van der Waals surface area contributed by atoms with Gasteiger partial charge in [0.2, 0.25) is 0 Å². The van der Waals surface area contributed by atoms with Gasteiger partial charge in [-0.25, -0.2) is 9.97 Å². The Bertz CT molecular complexity index is 710. The zero-order valence-electron chi connectivity index (χ0n) is 10.9. The van der Waals surface area contributed by atoms with Crippen molar-refractivity contribution >= 4 is 0 Å². The van der Waals surface area contributed by atoms with Crippen LogP contribution in [0.25, 0.3) is 11.4 Å². The number of H-pyrrole nitrogens is 2. The minimum atomic E-state index is 0.564. The predicted octanol–water partition coefficient (Wildman–Crippen LogP) is 2.06. The first kappa shape index (κ1) is 11.3. The summed E-state index contributed by atoms with van der Waals surface area (Å²) in [4.78, 5) is 8.99. The van der Waals surface area contributed by atoms with Crippen LogP contribution in [0.1, 0.15) is 36.2 Å². The maximum absolute atomic E-state index is 4.50. The lowest BCUT2D eigenvalue weighted by atomic mass is 10.2. The molecule has 1 aliphatic rings. The number of aromatic nitrogens is 6. The summed E-state index contributed by atoms with van der Waals surface area (Å²) in [5.41, 5.74) is 1.01. The second kappa shape index (κ2) is 4.56. The molecule has 0 atom stereocenters. The average molecular weight is 266 g/mol. The van der Waals surface area contributed by atoms with E-state index in [9.17, 15) is 0 Å². The van der Waals surface area contributed by atoms with Crippen LogP contribution in [0.2, 0.25) is 0 Å². The van der Waals surface area contributed by atoms with Crippen molar-refractivity contribution < 1.29 is 0 Å². The minimum absolute atomic E-state index is 0.564. The molecule has 1 fully saturated rings. The number of aromatic amines is 2. The number of nitrogens with zero attached hydrogens (tertiary/aromatic N) is 4. The lowest BCUT2D eigenvalue weighted by molar-refractivity contribution is 0.899. The van der Waals surface area contributed by atoms with E-state index in [-0.39, 0.29) is 0 Å². The molecule has 1 aromatic carbocycles. The first-order chi connectivity index (χ1) is 9.88. The van der Waals surface area contributed by atoms with Crippen molar-refractivity contribution in [3.63, 3.8) is 0 Å². The number of hydrogen-bond acceptors (Lipinski definition) is 4. The molecular formula is C14H14N6. The summed E-state index contributed by atoms with van der Waals surface area (Å²) in [6, 6.07) is 9.91. The Labute approximate surface area is 115 Å². The van der Waals surface area contributed by atoms with E-state index in [1.807, 2.05) is 30.3 Å². The van der Waals surface area contributed by atoms with Gasteiger partial charge in [0, 0.05) is 11.5 Å². The van der Waals surface area contributed by atoms with Crippen LogP contribution in [0.5, 0.6) is 0 Å². The van der Waals surface area contributed by atoms with Gasteiger partial charge in [0.15, 0.2) is 11.6 Å². The summed E-state index contributed by atoms with van der Waals surface area (Å²) in [6.45, 7) is 0. The summed E-state index contributed by atoms with van der Waals surface area (Å²) in [5, 5.41) is 14.4. The van der Waals surface area contributed by atoms with Gasteiger partial charge in [0.1, 0.15) is 11.6 Å². The molecule has 4 rings (SSSR count). The Kier molecular flexibility index (Phi) is 2.58. The zero-order chi connectivity index (χ0) is 13.4. The molecule has 0 radical (unpaired) electrons. The van der Waals surface area contributed by atoms with Crippen LogP contribution in [-0.4, -0.2) is 30.4 Å². The number of benzene rings is 1. The van der Waals surface area contributed by atoms with Crippen molar-refractivity contribution in [1.82, 2.24) is 30.4 Å². The monoisotopic (exact) mass is 266 g/mol. The highest BCUT2D eigenvalue weighted by atomic mass is 15.2. The first-order valence-electron chi connectivity index (χ1n) is 6.76. The van der Waals surface area contributed by atoms with Gasteiger partial charge in [-0.05, 0) is 12.8 Å². The van der Waals surface area contributed by atoms with Crippen LogP contribution in [0, 0.1) is 0 Å². The molecule has 0 spiro atoms. The Morgan fingerprint density at radius 2 is 1.70 bits per heavy atom. The van der Waals surface area contributed by atoms with Crippen molar-refractivity contribution in [1.29, 1.82) is 0 Å². The highest BCUT2D eigenvalue weighted by Gasteiger charge is 2.27. The highest BCUT2D eigenvalue weighted by Crippen LogP contribution is 2.37. The smallest absolute Gasteiger partial charge is 0.181 e. The Hall–Kier alpha value is -2.50. The van der Waals surface area contributed by atoms with E-state index in [1.54, 1.807) is 0 Å². The van der Waals surface area contributed by atoms with Gasteiger partial charge >= 0.3 is 0 Å². The summed E-state index contributed by atoms with van der Waals surface area (Å²) in [7, 11) is 0. The standard InChI is InChI=1S/C14H14N6/c1-2-4-9(5-3-1)13-15-11(17-19-13)8-12-16-14(20-18-12)10-6-7-10/h1-5,10H,6-8H2,(H,15,17,19)(H,16,18,20). The van der Waals surface area contributed by atoms with Gasteiger partial charge in [0.05, 0.1) is 6.42 Å². The van der Waals surface area contributed by atoms with Crippen LogP contribution >= 0.6 is 0 Å². The lowest BCUT2D eigenvalue weighted by Crippen LogP contribution is -1.93. The van der Waals surface area contributed by atoms with Gasteiger partial charge in [-0.2, -0.15) is 10.2 Å². The van der Waals surface area contributed by atoms with Gasteiger partial charge in [0.25, 0.3) is 0 Å². The van der Waals surface area contributed by atoms with Crippen molar-refractivity contribution in [3.05, 3.63) is 47.8 Å². The normalized spacial score (nSPS) is 14.6. The molecule has 2 aromatic heterocycles. The first-order valence-corrected chi connectivity index (χ1v) is 6.76. The van der Waals surface area contributed by atoms with Crippen molar-refractivity contribution in [3.8, 4) is 11.4 Å². The van der Waals surface area contributed by atoms with E-state index in [4.69, 9.17) is 0 Å². The molecule has 100 valence electrons. The molecule has 6 heteroatoms.